The lowest BCUT2D eigenvalue weighted by atomic mass is 10.1. The van der Waals surface area contributed by atoms with E-state index >= 15 is 0 Å². The van der Waals surface area contributed by atoms with Gasteiger partial charge in [-0.05, 0) is 36.3 Å². The fourth-order valence-corrected chi connectivity index (χ4v) is 3.52. The van der Waals surface area contributed by atoms with Crippen LogP contribution in [0.3, 0.4) is 0 Å². The van der Waals surface area contributed by atoms with Crippen LogP contribution in [0.2, 0.25) is 5.02 Å². The highest BCUT2D eigenvalue weighted by molar-refractivity contribution is 6.30. The normalized spacial score (nSPS) is 14.6. The monoisotopic (exact) mass is 376 g/mol. The number of nitrogens with one attached hydrogen (secondary N) is 1. The summed E-state index contributed by atoms with van der Waals surface area (Å²) in [6.07, 6.45) is 10.6. The SMILES string of the molecule is Clc1cccc(CCNN2C=Cc3cc4nn5c(c4nc3=C2)=CN=CC5)c1. The topological polar surface area (TPSA) is 58.3 Å². The summed E-state index contributed by atoms with van der Waals surface area (Å²) in [6, 6.07) is 10.0. The van der Waals surface area contributed by atoms with Gasteiger partial charge in [-0.1, -0.05) is 23.7 Å². The fraction of sp³-hybridized carbons (Fsp3) is 0.150. The van der Waals surface area contributed by atoms with Gasteiger partial charge in [0.05, 0.1) is 18.1 Å². The van der Waals surface area contributed by atoms with E-state index in [1.54, 1.807) is 0 Å². The minimum absolute atomic E-state index is 0.684. The number of hydrogen-bond donors (Lipinski definition) is 1. The predicted octanol–water partition coefficient (Wildman–Crippen LogP) is 1.68. The first kappa shape index (κ1) is 16.2. The minimum atomic E-state index is 0.684. The Hall–Kier alpha value is -2.96. The Morgan fingerprint density at radius 1 is 1.22 bits per heavy atom. The Bertz CT molecular complexity index is 1210. The van der Waals surface area contributed by atoms with E-state index in [4.69, 9.17) is 16.6 Å². The van der Waals surface area contributed by atoms with Gasteiger partial charge < -0.3 is 0 Å². The van der Waals surface area contributed by atoms with E-state index in [9.17, 15) is 0 Å². The fourth-order valence-electron chi connectivity index (χ4n) is 3.31. The first-order chi connectivity index (χ1) is 13.3. The summed E-state index contributed by atoms with van der Waals surface area (Å²) in [5.74, 6) is 0. The second-order valence-electron chi connectivity index (χ2n) is 6.50. The zero-order chi connectivity index (χ0) is 18.2. The lowest BCUT2D eigenvalue weighted by Gasteiger charge is -2.19. The maximum absolute atomic E-state index is 6.04. The number of rotatable bonds is 4. The molecule has 0 bridgehead atoms. The lowest BCUT2D eigenvalue weighted by molar-refractivity contribution is 0.400. The molecule has 0 fully saturated rings. The quantitative estimate of drug-likeness (QED) is 0.752. The first-order valence-electron chi connectivity index (χ1n) is 8.82. The summed E-state index contributed by atoms with van der Waals surface area (Å²) in [7, 11) is 0. The van der Waals surface area contributed by atoms with E-state index in [1.165, 1.54) is 5.56 Å². The maximum atomic E-state index is 6.04. The van der Waals surface area contributed by atoms with Gasteiger partial charge in [0.1, 0.15) is 16.4 Å². The van der Waals surface area contributed by atoms with Crippen LogP contribution in [0.1, 0.15) is 11.1 Å². The molecule has 5 rings (SSSR count). The number of pyridine rings is 1. The van der Waals surface area contributed by atoms with Crippen molar-refractivity contribution in [1.82, 2.24) is 25.2 Å². The second kappa shape index (κ2) is 6.64. The molecule has 6 nitrogen and oxygen atoms in total. The van der Waals surface area contributed by atoms with E-state index in [0.717, 1.165) is 45.3 Å². The molecule has 27 heavy (non-hydrogen) atoms. The van der Waals surface area contributed by atoms with E-state index in [0.29, 0.717) is 6.54 Å². The van der Waals surface area contributed by atoms with Crippen LogP contribution >= 0.6 is 11.6 Å². The molecule has 0 aliphatic carbocycles. The third-order valence-corrected chi connectivity index (χ3v) is 4.88. The molecule has 4 heterocycles. The van der Waals surface area contributed by atoms with Crippen LogP contribution in [-0.4, -0.2) is 32.5 Å². The molecule has 0 amide bonds. The van der Waals surface area contributed by atoms with Crippen LogP contribution in [0, 0.1) is 0 Å². The van der Waals surface area contributed by atoms with Crippen LogP contribution in [0.4, 0.5) is 0 Å². The number of benzene rings is 1. The molecule has 0 radical (unpaired) electrons. The summed E-state index contributed by atoms with van der Waals surface area (Å²) in [5.41, 5.74) is 7.44. The summed E-state index contributed by atoms with van der Waals surface area (Å²) in [5, 5.41) is 9.20. The standard InChI is InChI=1S/C20H17ClN6/c21-16-3-1-2-14(10-16)4-6-23-26-8-5-15-11-17-20(24-18(15)13-26)19-12-22-7-9-27(19)25-17/h1-3,5,7-8,10-13,23H,4,6,9H2. The lowest BCUT2D eigenvalue weighted by Crippen LogP contribution is -2.35. The molecule has 1 aromatic carbocycles. The smallest absolute Gasteiger partial charge is 0.118 e. The number of halogens is 1. The van der Waals surface area contributed by atoms with Gasteiger partial charge in [0.2, 0.25) is 0 Å². The van der Waals surface area contributed by atoms with Gasteiger partial charge >= 0.3 is 0 Å². The summed E-state index contributed by atoms with van der Waals surface area (Å²) in [4.78, 5) is 9.06. The zero-order valence-electron chi connectivity index (χ0n) is 14.5. The van der Waals surface area contributed by atoms with Crippen LogP contribution < -0.4 is 16.1 Å². The average Bonchev–Trinajstić information content (AvgIpc) is 3.04. The zero-order valence-corrected chi connectivity index (χ0v) is 15.3. The van der Waals surface area contributed by atoms with Gasteiger partial charge in [-0.25, -0.2) is 10.4 Å². The van der Waals surface area contributed by atoms with Crippen molar-refractivity contribution in [3.05, 3.63) is 63.4 Å². The molecule has 7 heteroatoms. The maximum Gasteiger partial charge on any atom is 0.118 e. The third kappa shape index (κ3) is 3.13. The van der Waals surface area contributed by atoms with E-state index in [-0.39, 0.29) is 0 Å². The number of nitrogens with zero attached hydrogens (tertiary/aromatic N) is 5. The van der Waals surface area contributed by atoms with Crippen LogP contribution in [-0.2, 0) is 13.0 Å². The highest BCUT2D eigenvalue weighted by Crippen LogP contribution is 2.12. The van der Waals surface area contributed by atoms with Crippen molar-refractivity contribution in [2.75, 3.05) is 6.54 Å². The largest absolute Gasteiger partial charge is 0.289 e. The van der Waals surface area contributed by atoms with Crippen molar-refractivity contribution in [2.24, 2.45) is 4.99 Å². The van der Waals surface area contributed by atoms with Crippen LogP contribution in [0.5, 0.6) is 0 Å². The van der Waals surface area contributed by atoms with Crippen molar-refractivity contribution >= 4 is 47.3 Å². The number of hydrogen-bond acceptors (Lipinski definition) is 5. The van der Waals surface area contributed by atoms with Gasteiger partial charge in [0, 0.05) is 35.7 Å². The van der Waals surface area contributed by atoms with Gasteiger partial charge in [-0.15, -0.1) is 0 Å². The molecule has 3 aromatic rings. The Morgan fingerprint density at radius 3 is 3.11 bits per heavy atom. The van der Waals surface area contributed by atoms with Crippen LogP contribution in [0.15, 0.2) is 41.5 Å². The Morgan fingerprint density at radius 2 is 2.19 bits per heavy atom. The third-order valence-electron chi connectivity index (χ3n) is 4.64. The van der Waals surface area contributed by atoms with Gasteiger partial charge in [-0.3, -0.25) is 14.7 Å². The number of hydrazine groups is 1. The van der Waals surface area contributed by atoms with Crippen molar-refractivity contribution < 1.29 is 0 Å². The van der Waals surface area contributed by atoms with E-state index in [2.05, 4.69) is 27.6 Å². The van der Waals surface area contributed by atoms with Crippen LogP contribution in [0.25, 0.3) is 29.5 Å². The molecule has 2 aliphatic rings. The molecule has 1 N–H and O–H groups in total. The predicted molar refractivity (Wildman–Crippen MR) is 108 cm³/mol. The summed E-state index contributed by atoms with van der Waals surface area (Å²) in [6.45, 7) is 1.48. The molecule has 2 aliphatic heterocycles. The number of aromatic nitrogens is 3. The molecule has 0 atom stereocenters. The molecule has 0 spiro atoms. The van der Waals surface area contributed by atoms with Gasteiger partial charge in [0.15, 0.2) is 0 Å². The number of fused-ring (bicyclic) bond motifs is 4. The first-order valence-corrected chi connectivity index (χ1v) is 9.20. The molecule has 0 saturated carbocycles. The van der Waals surface area contributed by atoms with Gasteiger partial charge in [-0.2, -0.15) is 5.10 Å². The molecule has 134 valence electrons. The van der Waals surface area contributed by atoms with E-state index in [1.807, 2.05) is 58.8 Å². The Balaban J connectivity index is 1.39. The molecule has 0 saturated heterocycles. The Kier molecular flexibility index (Phi) is 3.99. The van der Waals surface area contributed by atoms with Crippen molar-refractivity contribution in [2.45, 2.75) is 13.0 Å². The van der Waals surface area contributed by atoms with Crippen molar-refractivity contribution in [3.63, 3.8) is 0 Å². The van der Waals surface area contributed by atoms with E-state index < -0.39 is 0 Å². The highest BCUT2D eigenvalue weighted by Gasteiger charge is 2.12. The highest BCUT2D eigenvalue weighted by atomic mass is 35.5. The Labute approximate surface area is 160 Å². The van der Waals surface area contributed by atoms with Gasteiger partial charge in [0.25, 0.3) is 0 Å². The van der Waals surface area contributed by atoms with Crippen molar-refractivity contribution in [3.8, 4) is 0 Å². The molecule has 0 unspecified atom stereocenters. The minimum Gasteiger partial charge on any atom is -0.289 e. The number of aliphatic imine (C=N–C) groups is 1. The molecule has 2 aromatic heterocycles. The summed E-state index contributed by atoms with van der Waals surface area (Å²) >= 11 is 6.04. The second-order valence-corrected chi connectivity index (χ2v) is 6.94. The molecular weight excluding hydrogens is 360 g/mol. The van der Waals surface area contributed by atoms with Crippen molar-refractivity contribution in [1.29, 1.82) is 0 Å². The molecular formula is C20H17ClN6. The average molecular weight is 377 g/mol. The summed E-state index contributed by atoms with van der Waals surface area (Å²) < 4.78 is 1.93.